The molecule has 1 amide bonds. The highest BCUT2D eigenvalue weighted by molar-refractivity contribution is 9.10. The van der Waals surface area contributed by atoms with E-state index in [2.05, 4.69) is 26.2 Å². The van der Waals surface area contributed by atoms with Gasteiger partial charge in [-0.25, -0.2) is 9.37 Å². The number of benzene rings is 1. The molecule has 8 heteroatoms. The van der Waals surface area contributed by atoms with E-state index in [0.29, 0.717) is 27.4 Å². The van der Waals surface area contributed by atoms with Crippen molar-refractivity contribution >= 4 is 39.3 Å². The van der Waals surface area contributed by atoms with Crippen LogP contribution in [0.3, 0.4) is 0 Å². The number of carbonyl (C=O) groups is 1. The van der Waals surface area contributed by atoms with Gasteiger partial charge in [0, 0.05) is 28.0 Å². The van der Waals surface area contributed by atoms with Crippen molar-refractivity contribution in [2.75, 3.05) is 11.1 Å². The summed E-state index contributed by atoms with van der Waals surface area (Å²) in [4.78, 5) is 29.6. The molecule has 1 unspecified atom stereocenters. The smallest absolute Gasteiger partial charge is 0.257 e. The van der Waals surface area contributed by atoms with Crippen LogP contribution in [-0.4, -0.2) is 21.2 Å². The van der Waals surface area contributed by atoms with Crippen LogP contribution in [0, 0.1) is 18.7 Å². The third-order valence-corrected chi connectivity index (χ3v) is 5.80. The zero-order chi connectivity index (χ0) is 18.1. The molecule has 0 bridgehead atoms. The molecule has 0 aliphatic carbocycles. The van der Waals surface area contributed by atoms with E-state index in [0.717, 1.165) is 5.69 Å². The Morgan fingerprint density at radius 3 is 2.96 bits per heavy atom. The number of thioether (sulfide) groups is 1. The second-order valence-electron chi connectivity index (χ2n) is 5.85. The minimum absolute atomic E-state index is 0.0928. The van der Waals surface area contributed by atoms with E-state index in [1.807, 2.05) is 13.8 Å². The van der Waals surface area contributed by atoms with Crippen LogP contribution in [-0.2, 0) is 17.8 Å². The number of anilines is 1. The van der Waals surface area contributed by atoms with Crippen LogP contribution in [0.25, 0.3) is 0 Å². The molecule has 3 rings (SSSR count). The first-order valence-electron chi connectivity index (χ1n) is 7.89. The predicted octanol–water partition coefficient (Wildman–Crippen LogP) is 3.38. The number of nitrogens with zero attached hydrogens (tertiary/aromatic N) is 2. The molecule has 0 saturated carbocycles. The lowest BCUT2D eigenvalue weighted by Crippen LogP contribution is -2.38. The summed E-state index contributed by atoms with van der Waals surface area (Å²) in [5.41, 5.74) is 1.45. The van der Waals surface area contributed by atoms with Crippen LogP contribution in [0.1, 0.15) is 18.2 Å². The first-order chi connectivity index (χ1) is 11.9. The van der Waals surface area contributed by atoms with E-state index in [1.54, 1.807) is 10.6 Å². The van der Waals surface area contributed by atoms with E-state index < -0.39 is 11.7 Å². The van der Waals surface area contributed by atoms with Crippen LogP contribution >= 0.6 is 27.7 Å². The fourth-order valence-corrected chi connectivity index (χ4v) is 4.24. The molecule has 132 valence electrons. The van der Waals surface area contributed by atoms with Crippen molar-refractivity contribution in [2.45, 2.75) is 32.0 Å². The van der Waals surface area contributed by atoms with Gasteiger partial charge in [0.1, 0.15) is 5.82 Å². The quantitative estimate of drug-likeness (QED) is 0.765. The number of aromatic nitrogens is 2. The summed E-state index contributed by atoms with van der Waals surface area (Å²) < 4.78 is 16.1. The summed E-state index contributed by atoms with van der Waals surface area (Å²) in [5.74, 6) is -0.729. The Labute approximate surface area is 157 Å². The van der Waals surface area contributed by atoms with Crippen molar-refractivity contribution in [1.82, 2.24) is 9.55 Å². The van der Waals surface area contributed by atoms with Crippen molar-refractivity contribution in [3.63, 3.8) is 0 Å². The average Bonchev–Trinajstić information content (AvgIpc) is 2.57. The Kier molecular flexibility index (Phi) is 5.29. The maximum atomic E-state index is 13.9. The van der Waals surface area contributed by atoms with Crippen molar-refractivity contribution in [2.24, 2.45) is 5.92 Å². The van der Waals surface area contributed by atoms with Crippen LogP contribution in [0.2, 0.25) is 0 Å². The molecule has 0 spiro atoms. The standard InChI is InChI=1S/C17H17BrFN3O2S/c1-3-12-9(2)20-17-22(16(12)24)7-10(8-25-17)15(23)21-14-5-4-11(18)6-13(14)19/h4-6,10H,3,7-8H2,1-2H3,(H,21,23). The molecule has 1 aliphatic rings. The fraction of sp³-hybridized carbons (Fsp3) is 0.353. The number of hydrogen-bond donors (Lipinski definition) is 1. The minimum atomic E-state index is -0.505. The fourth-order valence-electron chi connectivity index (χ4n) is 2.79. The number of fused-ring (bicyclic) bond motifs is 1. The Balaban J connectivity index is 1.82. The molecule has 1 atom stereocenters. The first kappa shape index (κ1) is 18.1. The van der Waals surface area contributed by atoms with Gasteiger partial charge in [0.15, 0.2) is 5.16 Å². The van der Waals surface area contributed by atoms with Crippen LogP contribution in [0.4, 0.5) is 10.1 Å². The summed E-state index contributed by atoms with van der Waals surface area (Å²) >= 11 is 4.56. The number of rotatable bonds is 3. The Bertz CT molecular complexity index is 900. The van der Waals surface area contributed by atoms with E-state index in [1.165, 1.54) is 23.9 Å². The Hall–Kier alpha value is -1.67. The van der Waals surface area contributed by atoms with E-state index in [4.69, 9.17) is 0 Å². The van der Waals surface area contributed by atoms with E-state index in [9.17, 15) is 14.0 Å². The summed E-state index contributed by atoms with van der Waals surface area (Å²) in [6.07, 6.45) is 0.601. The number of halogens is 2. The molecule has 0 fully saturated rings. The molecule has 5 nitrogen and oxygen atoms in total. The summed E-state index contributed by atoms with van der Waals surface area (Å²) in [7, 11) is 0. The minimum Gasteiger partial charge on any atom is -0.323 e. The van der Waals surface area contributed by atoms with Crippen molar-refractivity contribution in [1.29, 1.82) is 0 Å². The highest BCUT2D eigenvalue weighted by Crippen LogP contribution is 2.27. The number of hydrogen-bond acceptors (Lipinski definition) is 4. The van der Waals surface area contributed by atoms with Crippen LogP contribution in [0.15, 0.2) is 32.6 Å². The number of amides is 1. The van der Waals surface area contributed by atoms with Crippen LogP contribution in [0.5, 0.6) is 0 Å². The van der Waals surface area contributed by atoms with Crippen molar-refractivity contribution in [3.05, 3.63) is 50.1 Å². The average molecular weight is 426 g/mol. The molecule has 0 radical (unpaired) electrons. The lowest BCUT2D eigenvalue weighted by Gasteiger charge is -2.25. The van der Waals surface area contributed by atoms with Crippen molar-refractivity contribution < 1.29 is 9.18 Å². The third-order valence-electron chi connectivity index (χ3n) is 4.16. The molecular weight excluding hydrogens is 409 g/mol. The predicted molar refractivity (Wildman–Crippen MR) is 99.6 cm³/mol. The SMILES string of the molecule is CCc1c(C)nc2n(c1=O)CC(C(=O)Nc1ccc(Br)cc1F)CS2. The monoisotopic (exact) mass is 425 g/mol. The Morgan fingerprint density at radius 2 is 2.28 bits per heavy atom. The van der Waals surface area contributed by atoms with Gasteiger partial charge in [0.25, 0.3) is 5.56 Å². The van der Waals surface area contributed by atoms with Gasteiger partial charge >= 0.3 is 0 Å². The zero-order valence-electron chi connectivity index (χ0n) is 13.8. The Morgan fingerprint density at radius 1 is 1.52 bits per heavy atom. The molecule has 0 saturated heterocycles. The van der Waals surface area contributed by atoms with E-state index >= 15 is 0 Å². The molecule has 2 aromatic rings. The molecule has 1 aromatic heterocycles. The number of aryl methyl sites for hydroxylation is 1. The van der Waals surface area contributed by atoms with Gasteiger partial charge in [0.2, 0.25) is 5.91 Å². The van der Waals surface area contributed by atoms with E-state index in [-0.39, 0.29) is 23.7 Å². The van der Waals surface area contributed by atoms with Gasteiger partial charge in [-0.15, -0.1) is 0 Å². The molecular formula is C17H17BrFN3O2S. The number of nitrogens with one attached hydrogen (secondary N) is 1. The maximum Gasteiger partial charge on any atom is 0.257 e. The normalized spacial score (nSPS) is 16.4. The lowest BCUT2D eigenvalue weighted by atomic mass is 10.1. The maximum absolute atomic E-state index is 13.9. The molecule has 2 heterocycles. The van der Waals surface area contributed by atoms with Crippen LogP contribution < -0.4 is 10.9 Å². The van der Waals surface area contributed by atoms with Gasteiger partial charge in [0.05, 0.1) is 11.6 Å². The highest BCUT2D eigenvalue weighted by Gasteiger charge is 2.28. The summed E-state index contributed by atoms with van der Waals surface area (Å²) in [6.45, 7) is 4.00. The first-order valence-corrected chi connectivity index (χ1v) is 9.67. The second kappa shape index (κ2) is 7.29. The van der Waals surface area contributed by atoms with Crippen molar-refractivity contribution in [3.8, 4) is 0 Å². The largest absolute Gasteiger partial charge is 0.323 e. The topological polar surface area (TPSA) is 64.0 Å². The molecule has 1 N–H and O–H groups in total. The summed E-state index contributed by atoms with van der Waals surface area (Å²) in [6, 6.07) is 4.47. The highest BCUT2D eigenvalue weighted by atomic mass is 79.9. The van der Waals surface area contributed by atoms with Gasteiger partial charge in [-0.3, -0.25) is 14.2 Å². The number of carbonyl (C=O) groups excluding carboxylic acids is 1. The molecule has 1 aliphatic heterocycles. The second-order valence-corrected chi connectivity index (χ2v) is 7.75. The molecule has 25 heavy (non-hydrogen) atoms. The zero-order valence-corrected chi connectivity index (χ0v) is 16.2. The lowest BCUT2D eigenvalue weighted by molar-refractivity contribution is -0.119. The van der Waals surface area contributed by atoms with Gasteiger partial charge in [-0.05, 0) is 31.5 Å². The molecule has 1 aromatic carbocycles. The van der Waals surface area contributed by atoms with Gasteiger partial charge in [-0.1, -0.05) is 34.6 Å². The van der Waals surface area contributed by atoms with Gasteiger partial charge < -0.3 is 5.32 Å². The third kappa shape index (κ3) is 3.64. The van der Waals surface area contributed by atoms with Gasteiger partial charge in [-0.2, -0.15) is 0 Å². The summed E-state index contributed by atoms with van der Waals surface area (Å²) in [5, 5.41) is 3.25.